The first kappa shape index (κ1) is 29.1. The molecule has 0 aliphatic heterocycles. The van der Waals surface area contributed by atoms with E-state index in [2.05, 4.69) is 61.5 Å². The second kappa shape index (κ2) is 14.4. The van der Waals surface area contributed by atoms with Crippen molar-refractivity contribution in [2.45, 2.75) is 109 Å². The Labute approximate surface area is 234 Å². The van der Waals surface area contributed by atoms with Crippen molar-refractivity contribution in [3.8, 4) is 22.3 Å². The van der Waals surface area contributed by atoms with Gasteiger partial charge in [0, 0.05) is 6.42 Å². The lowest BCUT2D eigenvalue weighted by atomic mass is 9.74. The molecule has 1 aliphatic rings. The number of unbranched alkanes of at least 4 members (excludes halogenated alkanes) is 6. The normalized spacial score (nSPS) is 14.5. The van der Waals surface area contributed by atoms with E-state index in [-0.39, 0.29) is 17.7 Å². The maximum atomic E-state index is 15.6. The van der Waals surface area contributed by atoms with Crippen LogP contribution in [0.1, 0.15) is 108 Å². The van der Waals surface area contributed by atoms with Gasteiger partial charge in [-0.05, 0) is 83.4 Å². The lowest BCUT2D eigenvalue weighted by molar-refractivity contribution is -0.137. The van der Waals surface area contributed by atoms with Crippen molar-refractivity contribution in [2.24, 2.45) is 0 Å². The first-order valence-electron chi connectivity index (χ1n) is 15.2. The summed E-state index contributed by atoms with van der Waals surface area (Å²) in [7, 11) is 0. The monoisotopic (exact) mass is 528 g/mol. The van der Waals surface area contributed by atoms with Gasteiger partial charge in [-0.25, -0.2) is 4.39 Å². The molecule has 0 radical (unpaired) electrons. The lowest BCUT2D eigenvalue weighted by Gasteiger charge is -2.30. The van der Waals surface area contributed by atoms with Crippen LogP contribution in [0.5, 0.6) is 0 Å². The van der Waals surface area contributed by atoms with E-state index < -0.39 is 5.97 Å². The Morgan fingerprint density at radius 2 is 1.31 bits per heavy atom. The van der Waals surface area contributed by atoms with Crippen LogP contribution in [-0.4, -0.2) is 11.1 Å². The van der Waals surface area contributed by atoms with Gasteiger partial charge in [0.25, 0.3) is 0 Å². The number of halogens is 1. The molecule has 0 aromatic heterocycles. The Hall–Kier alpha value is -2.94. The Balaban J connectivity index is 1.39. The summed E-state index contributed by atoms with van der Waals surface area (Å²) in [6.07, 6.45) is 15.7. The number of carboxylic acids is 1. The van der Waals surface area contributed by atoms with E-state index in [1.54, 1.807) is 6.07 Å². The topological polar surface area (TPSA) is 37.3 Å². The van der Waals surface area contributed by atoms with Gasteiger partial charge in [0.2, 0.25) is 0 Å². The van der Waals surface area contributed by atoms with Crippen molar-refractivity contribution in [3.63, 3.8) is 0 Å². The third-order valence-electron chi connectivity index (χ3n) is 8.72. The van der Waals surface area contributed by atoms with Gasteiger partial charge in [-0.15, -0.1) is 0 Å². The highest BCUT2D eigenvalue weighted by molar-refractivity contribution is 5.71. The molecule has 208 valence electrons. The lowest BCUT2D eigenvalue weighted by Crippen LogP contribution is -2.23. The summed E-state index contributed by atoms with van der Waals surface area (Å²) in [5, 5.41) is 8.89. The number of carboxylic acid groups (broad SMARTS) is 1. The predicted octanol–water partition coefficient (Wildman–Crippen LogP) is 10.5. The molecule has 3 heteroatoms. The average molecular weight is 529 g/mol. The Bertz CT molecular complexity index is 1170. The second-order valence-electron chi connectivity index (χ2n) is 11.6. The fourth-order valence-electron chi connectivity index (χ4n) is 6.40. The molecule has 1 N–H and O–H groups in total. The predicted molar refractivity (Wildman–Crippen MR) is 161 cm³/mol. The molecule has 1 fully saturated rings. The van der Waals surface area contributed by atoms with Gasteiger partial charge in [0.1, 0.15) is 5.82 Å². The SMILES string of the molecule is CCCCCCCc1ccc(-c2ccc(-c3ccc(C4(CCCCCC(=O)O)CCCC4)c(F)c3)cc2)cc1. The highest BCUT2D eigenvalue weighted by Crippen LogP contribution is 2.46. The van der Waals surface area contributed by atoms with Crippen LogP contribution in [0.3, 0.4) is 0 Å². The summed E-state index contributed by atoms with van der Waals surface area (Å²) in [5.74, 6) is -0.837. The summed E-state index contributed by atoms with van der Waals surface area (Å²) in [5.41, 5.74) is 6.49. The van der Waals surface area contributed by atoms with E-state index in [1.165, 1.54) is 48.8 Å². The molecule has 1 saturated carbocycles. The minimum atomic E-state index is -0.735. The number of aryl methyl sites for hydroxylation is 1. The number of carbonyl (C=O) groups is 1. The van der Waals surface area contributed by atoms with Crippen LogP contribution in [0.4, 0.5) is 4.39 Å². The number of aliphatic carboxylic acids is 1. The summed E-state index contributed by atoms with van der Waals surface area (Å²) in [6, 6.07) is 23.2. The van der Waals surface area contributed by atoms with Crippen molar-refractivity contribution < 1.29 is 14.3 Å². The standard InChI is InChI=1S/C36H45FO2/c1-2-3-4-5-7-12-28-14-16-29(17-15-28)30-18-20-31(21-19-30)32-22-23-33(34(37)27-32)36(25-10-11-26-36)24-9-6-8-13-35(38)39/h14-23,27H,2-13,24-26H2,1H3,(H,38,39). The molecule has 2 nitrogen and oxygen atoms in total. The van der Waals surface area contributed by atoms with E-state index in [0.29, 0.717) is 6.42 Å². The molecule has 0 spiro atoms. The molecule has 3 aromatic rings. The quantitative estimate of drug-likeness (QED) is 0.199. The highest BCUT2D eigenvalue weighted by atomic mass is 19.1. The molecule has 4 rings (SSSR count). The third-order valence-corrected chi connectivity index (χ3v) is 8.72. The van der Waals surface area contributed by atoms with Crippen molar-refractivity contribution in [2.75, 3.05) is 0 Å². The van der Waals surface area contributed by atoms with Gasteiger partial charge in [0.05, 0.1) is 0 Å². The van der Waals surface area contributed by atoms with E-state index >= 15 is 4.39 Å². The van der Waals surface area contributed by atoms with Crippen LogP contribution in [-0.2, 0) is 16.6 Å². The van der Waals surface area contributed by atoms with Crippen LogP contribution < -0.4 is 0 Å². The Kier molecular flexibility index (Phi) is 10.8. The van der Waals surface area contributed by atoms with Gasteiger partial charge in [0.15, 0.2) is 0 Å². The zero-order chi connectivity index (χ0) is 27.5. The molecule has 3 aromatic carbocycles. The van der Waals surface area contributed by atoms with E-state index in [9.17, 15) is 4.79 Å². The molecular formula is C36H45FO2. The van der Waals surface area contributed by atoms with Crippen molar-refractivity contribution >= 4 is 5.97 Å². The molecule has 0 unspecified atom stereocenters. The van der Waals surface area contributed by atoms with Gasteiger partial charge >= 0.3 is 5.97 Å². The molecule has 0 amide bonds. The minimum absolute atomic E-state index is 0.0998. The van der Waals surface area contributed by atoms with Crippen molar-refractivity contribution in [1.29, 1.82) is 0 Å². The highest BCUT2D eigenvalue weighted by Gasteiger charge is 2.37. The van der Waals surface area contributed by atoms with Gasteiger partial charge < -0.3 is 5.11 Å². The number of hydrogen-bond donors (Lipinski definition) is 1. The van der Waals surface area contributed by atoms with Crippen LogP contribution >= 0.6 is 0 Å². The smallest absolute Gasteiger partial charge is 0.303 e. The zero-order valence-corrected chi connectivity index (χ0v) is 23.7. The summed E-state index contributed by atoms with van der Waals surface area (Å²) >= 11 is 0. The van der Waals surface area contributed by atoms with Gasteiger partial charge in [-0.1, -0.05) is 119 Å². The first-order chi connectivity index (χ1) is 19.0. The Morgan fingerprint density at radius 3 is 1.92 bits per heavy atom. The molecular weight excluding hydrogens is 483 g/mol. The van der Waals surface area contributed by atoms with Crippen LogP contribution in [0, 0.1) is 5.82 Å². The summed E-state index contributed by atoms with van der Waals surface area (Å²) in [6.45, 7) is 2.25. The molecule has 0 atom stereocenters. The molecule has 1 aliphatic carbocycles. The van der Waals surface area contributed by atoms with Crippen LogP contribution in [0.2, 0.25) is 0 Å². The summed E-state index contributed by atoms with van der Waals surface area (Å²) < 4.78 is 15.6. The van der Waals surface area contributed by atoms with Gasteiger partial charge in [-0.3, -0.25) is 4.79 Å². The number of benzene rings is 3. The van der Waals surface area contributed by atoms with Crippen LogP contribution in [0.25, 0.3) is 22.3 Å². The van der Waals surface area contributed by atoms with Gasteiger partial charge in [-0.2, -0.15) is 0 Å². The fourth-order valence-corrected chi connectivity index (χ4v) is 6.40. The fraction of sp³-hybridized carbons (Fsp3) is 0.472. The van der Waals surface area contributed by atoms with Crippen molar-refractivity contribution in [3.05, 3.63) is 83.7 Å². The first-order valence-corrected chi connectivity index (χ1v) is 15.2. The molecule has 0 bridgehead atoms. The summed E-state index contributed by atoms with van der Waals surface area (Å²) in [4.78, 5) is 10.8. The van der Waals surface area contributed by atoms with E-state index in [0.717, 1.165) is 68.1 Å². The number of hydrogen-bond acceptors (Lipinski definition) is 1. The minimum Gasteiger partial charge on any atom is -0.481 e. The van der Waals surface area contributed by atoms with E-state index in [1.807, 2.05) is 6.07 Å². The van der Waals surface area contributed by atoms with E-state index in [4.69, 9.17) is 5.11 Å². The van der Waals surface area contributed by atoms with Crippen molar-refractivity contribution in [1.82, 2.24) is 0 Å². The molecule has 0 saturated heterocycles. The molecule has 0 heterocycles. The Morgan fingerprint density at radius 1 is 0.744 bits per heavy atom. The number of rotatable bonds is 15. The average Bonchev–Trinajstić information content (AvgIpc) is 3.42. The second-order valence-corrected chi connectivity index (χ2v) is 11.6. The third kappa shape index (κ3) is 8.03. The zero-order valence-electron chi connectivity index (χ0n) is 23.7. The molecule has 39 heavy (non-hydrogen) atoms. The van der Waals surface area contributed by atoms with Crippen LogP contribution in [0.15, 0.2) is 66.7 Å². The maximum Gasteiger partial charge on any atom is 0.303 e. The largest absolute Gasteiger partial charge is 0.481 e. The maximum absolute atomic E-state index is 15.6.